The van der Waals surface area contributed by atoms with Crippen molar-refractivity contribution in [3.8, 4) is 5.75 Å². The van der Waals surface area contributed by atoms with E-state index in [2.05, 4.69) is 10.2 Å². The number of rotatable bonds is 8. The van der Waals surface area contributed by atoms with Crippen molar-refractivity contribution in [1.82, 2.24) is 15.1 Å². The molecule has 1 saturated heterocycles. The van der Waals surface area contributed by atoms with Crippen molar-refractivity contribution in [2.45, 2.75) is 0 Å². The highest BCUT2D eigenvalue weighted by molar-refractivity contribution is 5.94. The summed E-state index contributed by atoms with van der Waals surface area (Å²) in [6, 6.07) is 13.0. The van der Waals surface area contributed by atoms with Gasteiger partial charge < -0.3 is 15.0 Å². The van der Waals surface area contributed by atoms with Gasteiger partial charge in [-0.1, -0.05) is 0 Å². The van der Waals surface area contributed by atoms with Gasteiger partial charge in [0, 0.05) is 63.0 Å². The van der Waals surface area contributed by atoms with Crippen molar-refractivity contribution in [3.63, 3.8) is 0 Å². The smallest absolute Gasteiger partial charge is 0.269 e. The highest BCUT2D eigenvalue weighted by Crippen LogP contribution is 2.13. The number of carbonyl (C=O) groups excluding carboxylic acids is 2. The van der Waals surface area contributed by atoms with E-state index < -0.39 is 4.92 Å². The fourth-order valence-corrected chi connectivity index (χ4v) is 3.34. The van der Waals surface area contributed by atoms with Crippen LogP contribution in [0.25, 0.3) is 6.08 Å². The Kier molecular flexibility index (Phi) is 7.93. The minimum absolute atomic E-state index is 0.0183. The summed E-state index contributed by atoms with van der Waals surface area (Å²) in [5.41, 5.74) is 1.33. The SMILES string of the molecule is COc1ccc(C(=O)NCCN2CCN(C(=O)/C=C/c3ccc([N+](=O)[O-])cc3)CC2)cc1. The van der Waals surface area contributed by atoms with Crippen LogP contribution in [0.5, 0.6) is 5.75 Å². The van der Waals surface area contributed by atoms with Crippen LogP contribution in [0.4, 0.5) is 5.69 Å². The van der Waals surface area contributed by atoms with Gasteiger partial charge in [-0.25, -0.2) is 0 Å². The summed E-state index contributed by atoms with van der Waals surface area (Å²) >= 11 is 0. The third kappa shape index (κ3) is 6.39. The van der Waals surface area contributed by atoms with Crippen molar-refractivity contribution in [3.05, 3.63) is 75.8 Å². The van der Waals surface area contributed by atoms with Gasteiger partial charge in [-0.2, -0.15) is 0 Å². The summed E-state index contributed by atoms with van der Waals surface area (Å²) in [6.45, 7) is 3.91. The molecule has 0 spiro atoms. The first-order valence-corrected chi connectivity index (χ1v) is 10.3. The number of nitro groups is 1. The van der Waals surface area contributed by atoms with E-state index >= 15 is 0 Å². The third-order valence-electron chi connectivity index (χ3n) is 5.27. The van der Waals surface area contributed by atoms with Crippen molar-refractivity contribution in [1.29, 1.82) is 0 Å². The molecule has 0 saturated carbocycles. The number of piperazine rings is 1. The van der Waals surface area contributed by atoms with Crippen LogP contribution in [0.15, 0.2) is 54.6 Å². The third-order valence-corrected chi connectivity index (χ3v) is 5.27. The van der Waals surface area contributed by atoms with Gasteiger partial charge in [-0.3, -0.25) is 24.6 Å². The number of benzene rings is 2. The van der Waals surface area contributed by atoms with E-state index in [1.54, 1.807) is 54.5 Å². The van der Waals surface area contributed by atoms with Crippen molar-refractivity contribution in [2.75, 3.05) is 46.4 Å². The minimum Gasteiger partial charge on any atom is -0.497 e. The fraction of sp³-hybridized carbons (Fsp3) is 0.304. The number of nitrogens with zero attached hydrogens (tertiary/aromatic N) is 3. The zero-order chi connectivity index (χ0) is 22.9. The normalized spacial score (nSPS) is 14.3. The molecule has 0 aliphatic carbocycles. The molecule has 1 fully saturated rings. The molecular weight excluding hydrogens is 412 g/mol. The molecule has 32 heavy (non-hydrogen) atoms. The van der Waals surface area contributed by atoms with Crippen LogP contribution in [0, 0.1) is 10.1 Å². The van der Waals surface area contributed by atoms with E-state index in [1.807, 2.05) is 0 Å². The number of non-ortho nitro benzene ring substituents is 1. The van der Waals surface area contributed by atoms with Crippen LogP contribution >= 0.6 is 0 Å². The molecule has 9 nitrogen and oxygen atoms in total. The monoisotopic (exact) mass is 438 g/mol. The summed E-state index contributed by atoms with van der Waals surface area (Å²) in [7, 11) is 1.58. The average Bonchev–Trinajstić information content (AvgIpc) is 2.83. The predicted octanol–water partition coefficient (Wildman–Crippen LogP) is 2.19. The molecule has 1 heterocycles. The van der Waals surface area contributed by atoms with Gasteiger partial charge in [-0.05, 0) is 48.0 Å². The number of nitro benzene ring substituents is 1. The van der Waals surface area contributed by atoms with Crippen LogP contribution in [0.3, 0.4) is 0 Å². The van der Waals surface area contributed by atoms with Crippen LogP contribution in [0.1, 0.15) is 15.9 Å². The van der Waals surface area contributed by atoms with Gasteiger partial charge in [0.25, 0.3) is 11.6 Å². The van der Waals surface area contributed by atoms with Gasteiger partial charge in [0.1, 0.15) is 5.75 Å². The van der Waals surface area contributed by atoms with Gasteiger partial charge in [0.15, 0.2) is 0 Å². The molecule has 2 amide bonds. The van der Waals surface area contributed by atoms with Crippen LogP contribution in [0.2, 0.25) is 0 Å². The van der Waals surface area contributed by atoms with E-state index in [9.17, 15) is 19.7 Å². The first-order chi connectivity index (χ1) is 15.5. The molecule has 1 aliphatic rings. The molecule has 2 aromatic carbocycles. The van der Waals surface area contributed by atoms with E-state index in [4.69, 9.17) is 4.74 Å². The molecule has 0 radical (unpaired) electrons. The number of amides is 2. The summed E-state index contributed by atoms with van der Waals surface area (Å²) in [6.07, 6.45) is 3.15. The van der Waals surface area contributed by atoms with Gasteiger partial charge in [0.2, 0.25) is 5.91 Å². The van der Waals surface area contributed by atoms with E-state index in [0.717, 1.165) is 18.7 Å². The number of carbonyl (C=O) groups is 2. The van der Waals surface area contributed by atoms with Gasteiger partial charge in [0.05, 0.1) is 12.0 Å². The number of hydrogen-bond donors (Lipinski definition) is 1. The quantitative estimate of drug-likeness (QED) is 0.385. The Labute approximate surface area is 186 Å². The lowest BCUT2D eigenvalue weighted by Crippen LogP contribution is -2.49. The molecule has 1 aliphatic heterocycles. The average molecular weight is 438 g/mol. The maximum absolute atomic E-state index is 12.4. The zero-order valence-electron chi connectivity index (χ0n) is 17.9. The van der Waals surface area contributed by atoms with Crippen LogP contribution in [-0.2, 0) is 4.79 Å². The molecule has 0 bridgehead atoms. The summed E-state index contributed by atoms with van der Waals surface area (Å²) < 4.78 is 5.09. The number of methoxy groups -OCH3 is 1. The summed E-state index contributed by atoms with van der Waals surface area (Å²) in [4.78, 5) is 38.8. The van der Waals surface area contributed by atoms with E-state index in [1.165, 1.54) is 18.2 Å². The Morgan fingerprint density at radius 2 is 1.72 bits per heavy atom. The molecule has 1 N–H and O–H groups in total. The van der Waals surface area contributed by atoms with Crippen molar-refractivity contribution in [2.24, 2.45) is 0 Å². The first-order valence-electron chi connectivity index (χ1n) is 10.3. The van der Waals surface area contributed by atoms with Crippen LogP contribution in [-0.4, -0.2) is 72.9 Å². The summed E-state index contributed by atoms with van der Waals surface area (Å²) in [5.74, 6) is 0.491. The lowest BCUT2D eigenvalue weighted by molar-refractivity contribution is -0.384. The lowest BCUT2D eigenvalue weighted by atomic mass is 10.2. The first kappa shape index (κ1) is 23.0. The number of hydrogen-bond acceptors (Lipinski definition) is 6. The highest BCUT2D eigenvalue weighted by Gasteiger charge is 2.19. The lowest BCUT2D eigenvalue weighted by Gasteiger charge is -2.34. The van der Waals surface area contributed by atoms with Gasteiger partial charge in [-0.15, -0.1) is 0 Å². The predicted molar refractivity (Wildman–Crippen MR) is 120 cm³/mol. The summed E-state index contributed by atoms with van der Waals surface area (Å²) in [5, 5.41) is 13.6. The Bertz CT molecular complexity index is 965. The largest absolute Gasteiger partial charge is 0.497 e. The Hall–Kier alpha value is -3.72. The maximum atomic E-state index is 12.4. The van der Waals surface area contributed by atoms with Crippen molar-refractivity contribution >= 4 is 23.6 Å². The molecule has 0 atom stereocenters. The highest BCUT2D eigenvalue weighted by atomic mass is 16.6. The topological polar surface area (TPSA) is 105 Å². The maximum Gasteiger partial charge on any atom is 0.269 e. The molecule has 3 rings (SSSR count). The minimum atomic E-state index is -0.456. The molecule has 0 aromatic heterocycles. The molecule has 0 unspecified atom stereocenters. The van der Waals surface area contributed by atoms with E-state index in [0.29, 0.717) is 37.5 Å². The molecular formula is C23H26N4O5. The Balaban J connectivity index is 1.38. The van der Waals surface area contributed by atoms with E-state index in [-0.39, 0.29) is 17.5 Å². The second-order valence-electron chi connectivity index (χ2n) is 7.33. The fourth-order valence-electron chi connectivity index (χ4n) is 3.34. The standard InChI is InChI=1S/C23H26N4O5/c1-32-21-9-5-19(6-10-21)23(29)24-12-13-25-14-16-26(17-15-25)22(28)11-4-18-2-7-20(8-3-18)27(30)31/h2-11H,12-17H2,1H3,(H,24,29)/b11-4+. The number of nitrogens with one attached hydrogen (secondary N) is 1. The van der Waals surface area contributed by atoms with Gasteiger partial charge >= 0.3 is 0 Å². The number of ether oxygens (including phenoxy) is 1. The molecule has 9 heteroatoms. The zero-order valence-corrected chi connectivity index (χ0v) is 17.9. The molecule has 2 aromatic rings. The Morgan fingerprint density at radius 1 is 1.06 bits per heavy atom. The van der Waals surface area contributed by atoms with Crippen LogP contribution < -0.4 is 10.1 Å². The second-order valence-corrected chi connectivity index (χ2v) is 7.33. The van der Waals surface area contributed by atoms with Crippen molar-refractivity contribution < 1.29 is 19.2 Å². The second kappa shape index (κ2) is 11.1. The Morgan fingerprint density at radius 3 is 2.31 bits per heavy atom. The molecule has 168 valence electrons.